The first-order chi connectivity index (χ1) is 7.29. The van der Waals surface area contributed by atoms with Crippen LogP contribution in [0.4, 0.5) is 0 Å². The lowest BCUT2D eigenvalue weighted by Gasteiger charge is -2.11. The van der Waals surface area contributed by atoms with Gasteiger partial charge in [0.1, 0.15) is 11.5 Å². The van der Waals surface area contributed by atoms with Crippen LogP contribution in [-0.4, -0.2) is 31.7 Å². The van der Waals surface area contributed by atoms with E-state index in [2.05, 4.69) is 0 Å². The molecule has 0 atom stereocenters. The van der Waals surface area contributed by atoms with Gasteiger partial charge in [-0.2, -0.15) is 0 Å². The van der Waals surface area contributed by atoms with Gasteiger partial charge in [0, 0.05) is 12.0 Å². The summed E-state index contributed by atoms with van der Waals surface area (Å²) >= 11 is 0. The first kappa shape index (κ1) is 10.3. The number of aromatic hydroxyl groups is 1. The number of benzene rings is 1. The molecule has 1 aromatic carbocycles. The van der Waals surface area contributed by atoms with Crippen molar-refractivity contribution in [2.75, 3.05) is 20.3 Å². The molecule has 1 aliphatic rings. The zero-order valence-electron chi connectivity index (χ0n) is 8.60. The van der Waals surface area contributed by atoms with Crippen LogP contribution in [0.3, 0.4) is 0 Å². The topological polar surface area (TPSA) is 47.9 Å². The Labute approximate surface area is 88.4 Å². The maximum atomic E-state index is 9.62. The third-order valence-electron chi connectivity index (χ3n) is 2.36. The van der Waals surface area contributed by atoms with Crippen molar-refractivity contribution in [1.29, 1.82) is 0 Å². The van der Waals surface area contributed by atoms with Crippen LogP contribution in [0, 0.1) is 0 Å². The summed E-state index contributed by atoms with van der Waals surface area (Å²) in [6, 6.07) is 5.12. The van der Waals surface area contributed by atoms with Crippen molar-refractivity contribution in [3.8, 4) is 11.5 Å². The van der Waals surface area contributed by atoms with Crippen LogP contribution in [0.25, 0.3) is 0 Å². The normalized spacial score (nSPS) is 16.9. The summed E-state index contributed by atoms with van der Waals surface area (Å²) in [4.78, 5) is 0. The predicted octanol–water partition coefficient (Wildman–Crippen LogP) is 1.32. The van der Waals surface area contributed by atoms with Crippen LogP contribution >= 0.6 is 0 Å². The molecule has 82 valence electrons. The van der Waals surface area contributed by atoms with E-state index in [1.165, 1.54) is 0 Å². The van der Waals surface area contributed by atoms with E-state index < -0.39 is 0 Å². The van der Waals surface area contributed by atoms with Gasteiger partial charge in [-0.05, 0) is 18.2 Å². The van der Waals surface area contributed by atoms with Gasteiger partial charge in [0.2, 0.25) is 0 Å². The third kappa shape index (κ3) is 2.40. The lowest BCUT2D eigenvalue weighted by Crippen LogP contribution is -2.11. The monoisotopic (exact) mass is 210 g/mol. The minimum Gasteiger partial charge on any atom is -0.508 e. The summed E-state index contributed by atoms with van der Waals surface area (Å²) in [6.45, 7) is 1.24. The van der Waals surface area contributed by atoms with E-state index in [4.69, 9.17) is 14.2 Å². The Morgan fingerprint density at radius 2 is 2.13 bits per heavy atom. The molecular weight excluding hydrogens is 196 g/mol. The molecule has 1 saturated heterocycles. The van der Waals surface area contributed by atoms with E-state index in [0.29, 0.717) is 19.6 Å². The van der Waals surface area contributed by atoms with Crippen molar-refractivity contribution in [2.45, 2.75) is 12.7 Å². The van der Waals surface area contributed by atoms with Crippen LogP contribution in [0.15, 0.2) is 18.2 Å². The first-order valence-corrected chi connectivity index (χ1v) is 4.88. The Balaban J connectivity index is 2.11. The third-order valence-corrected chi connectivity index (χ3v) is 2.36. The van der Waals surface area contributed by atoms with Crippen molar-refractivity contribution in [2.24, 2.45) is 0 Å². The molecule has 1 fully saturated rings. The van der Waals surface area contributed by atoms with Gasteiger partial charge >= 0.3 is 0 Å². The summed E-state index contributed by atoms with van der Waals surface area (Å²) < 4.78 is 15.7. The Bertz CT molecular complexity index is 331. The van der Waals surface area contributed by atoms with Gasteiger partial charge in [-0.3, -0.25) is 0 Å². The van der Waals surface area contributed by atoms with E-state index in [1.807, 2.05) is 0 Å². The summed E-state index contributed by atoms with van der Waals surface area (Å²) in [7, 11) is 1.60. The van der Waals surface area contributed by atoms with E-state index in [9.17, 15) is 5.11 Å². The zero-order valence-corrected chi connectivity index (χ0v) is 8.60. The van der Waals surface area contributed by atoms with E-state index in [0.717, 1.165) is 11.3 Å². The smallest absolute Gasteiger partial charge is 0.161 e. The Kier molecular flexibility index (Phi) is 3.08. The Hall–Kier alpha value is -1.26. The minimum atomic E-state index is -0.247. The molecule has 1 aliphatic heterocycles. The van der Waals surface area contributed by atoms with Crippen molar-refractivity contribution >= 4 is 0 Å². The van der Waals surface area contributed by atoms with Crippen LogP contribution in [0.5, 0.6) is 11.5 Å². The van der Waals surface area contributed by atoms with E-state index in [1.54, 1.807) is 25.3 Å². The molecule has 0 unspecified atom stereocenters. The number of hydrogen-bond donors (Lipinski definition) is 1. The molecule has 15 heavy (non-hydrogen) atoms. The van der Waals surface area contributed by atoms with Crippen LogP contribution in [0.1, 0.15) is 5.56 Å². The predicted molar refractivity (Wildman–Crippen MR) is 54.1 cm³/mol. The molecule has 1 heterocycles. The lowest BCUT2D eigenvalue weighted by molar-refractivity contribution is -0.0403. The number of rotatable bonds is 3. The second-order valence-corrected chi connectivity index (χ2v) is 3.37. The quantitative estimate of drug-likeness (QED) is 0.817. The molecule has 4 nitrogen and oxygen atoms in total. The molecule has 0 amide bonds. The maximum Gasteiger partial charge on any atom is 0.161 e. The molecule has 0 radical (unpaired) electrons. The molecule has 0 saturated carbocycles. The zero-order chi connectivity index (χ0) is 10.7. The largest absolute Gasteiger partial charge is 0.508 e. The molecular formula is C11H14O4. The van der Waals surface area contributed by atoms with E-state index >= 15 is 0 Å². The Morgan fingerprint density at radius 3 is 2.80 bits per heavy atom. The van der Waals surface area contributed by atoms with Crippen molar-refractivity contribution in [3.63, 3.8) is 0 Å². The Morgan fingerprint density at radius 1 is 1.40 bits per heavy atom. The minimum absolute atomic E-state index is 0.245. The van der Waals surface area contributed by atoms with Gasteiger partial charge in [0.25, 0.3) is 0 Å². The molecule has 0 bridgehead atoms. The standard InChI is InChI=1S/C11H14O4/c1-13-9-2-3-10(12)8(6-9)7-11-14-4-5-15-11/h2-3,6,11-12H,4-5,7H2,1H3. The fourth-order valence-corrected chi connectivity index (χ4v) is 1.56. The lowest BCUT2D eigenvalue weighted by atomic mass is 10.1. The van der Waals surface area contributed by atoms with Crippen LogP contribution < -0.4 is 4.74 Å². The summed E-state index contributed by atoms with van der Waals surface area (Å²) in [5.41, 5.74) is 0.779. The van der Waals surface area contributed by atoms with Gasteiger partial charge in [-0.1, -0.05) is 0 Å². The summed E-state index contributed by atoms with van der Waals surface area (Å²) in [6.07, 6.45) is 0.297. The highest BCUT2D eigenvalue weighted by atomic mass is 16.7. The van der Waals surface area contributed by atoms with Gasteiger partial charge in [-0.25, -0.2) is 0 Å². The number of phenols is 1. The van der Waals surface area contributed by atoms with Crippen molar-refractivity contribution in [1.82, 2.24) is 0 Å². The fraction of sp³-hybridized carbons (Fsp3) is 0.455. The highest BCUT2D eigenvalue weighted by Crippen LogP contribution is 2.25. The SMILES string of the molecule is COc1ccc(O)c(CC2OCCO2)c1. The number of methoxy groups -OCH3 is 1. The molecule has 1 N–H and O–H groups in total. The molecule has 0 aliphatic carbocycles. The van der Waals surface area contributed by atoms with E-state index in [-0.39, 0.29) is 12.0 Å². The molecule has 2 rings (SSSR count). The molecule has 0 aromatic heterocycles. The molecule has 1 aromatic rings. The number of phenolic OH excluding ortho intramolecular Hbond substituents is 1. The fourth-order valence-electron chi connectivity index (χ4n) is 1.56. The number of ether oxygens (including phenoxy) is 3. The maximum absolute atomic E-state index is 9.62. The number of hydrogen-bond acceptors (Lipinski definition) is 4. The highest BCUT2D eigenvalue weighted by molar-refractivity contribution is 5.39. The van der Waals surface area contributed by atoms with Crippen molar-refractivity contribution in [3.05, 3.63) is 23.8 Å². The van der Waals surface area contributed by atoms with Crippen LogP contribution in [-0.2, 0) is 15.9 Å². The van der Waals surface area contributed by atoms with Gasteiger partial charge in [0.05, 0.1) is 20.3 Å². The summed E-state index contributed by atoms with van der Waals surface area (Å²) in [5, 5.41) is 9.62. The van der Waals surface area contributed by atoms with Gasteiger partial charge in [0.15, 0.2) is 6.29 Å². The van der Waals surface area contributed by atoms with Crippen LogP contribution in [0.2, 0.25) is 0 Å². The highest BCUT2D eigenvalue weighted by Gasteiger charge is 2.18. The first-order valence-electron chi connectivity index (χ1n) is 4.88. The van der Waals surface area contributed by atoms with Gasteiger partial charge in [-0.15, -0.1) is 0 Å². The van der Waals surface area contributed by atoms with Gasteiger partial charge < -0.3 is 19.3 Å². The molecule has 0 spiro atoms. The average molecular weight is 210 g/mol. The average Bonchev–Trinajstić information content (AvgIpc) is 2.74. The second-order valence-electron chi connectivity index (χ2n) is 3.37. The second kappa shape index (κ2) is 4.51. The summed E-state index contributed by atoms with van der Waals surface area (Å²) in [5.74, 6) is 0.968. The molecule has 4 heteroatoms. The van der Waals surface area contributed by atoms with Crippen molar-refractivity contribution < 1.29 is 19.3 Å².